The van der Waals surface area contributed by atoms with Crippen LogP contribution in [-0.2, 0) is 20.8 Å². The van der Waals surface area contributed by atoms with E-state index in [2.05, 4.69) is 10.6 Å². The number of hydrogen-bond acceptors (Lipinski definition) is 6. The molecule has 1 aromatic carbocycles. The number of aliphatic hydroxyl groups excluding tert-OH is 1. The maximum atomic E-state index is 12.6. The highest BCUT2D eigenvalue weighted by molar-refractivity contribution is 5.94. The summed E-state index contributed by atoms with van der Waals surface area (Å²) in [5, 5.41) is 15.0. The lowest BCUT2D eigenvalue weighted by molar-refractivity contribution is -0.134. The van der Waals surface area contributed by atoms with Crippen LogP contribution in [0.25, 0.3) is 0 Å². The number of benzene rings is 1. The maximum Gasteiger partial charge on any atom is 0.245 e. The molecule has 0 saturated carbocycles. The summed E-state index contributed by atoms with van der Waals surface area (Å²) in [5.41, 5.74) is 12.4. The first-order valence-corrected chi connectivity index (χ1v) is 9.49. The van der Waals surface area contributed by atoms with Gasteiger partial charge in [-0.25, -0.2) is 0 Å². The Morgan fingerprint density at radius 2 is 1.64 bits per heavy atom. The third kappa shape index (κ3) is 7.38. The molecule has 0 radical (unpaired) electrons. The number of hydrogen-bond donors (Lipinski definition) is 5. The molecule has 8 nitrogen and oxygen atoms in total. The molecule has 0 aromatic heterocycles. The predicted octanol–water partition coefficient (Wildman–Crippen LogP) is -0.519. The van der Waals surface area contributed by atoms with Gasteiger partial charge >= 0.3 is 0 Å². The zero-order valence-electron chi connectivity index (χ0n) is 16.7. The summed E-state index contributed by atoms with van der Waals surface area (Å²) in [5.74, 6) is -1.65. The summed E-state index contributed by atoms with van der Waals surface area (Å²) in [6.45, 7) is 5.07. The molecule has 0 aliphatic heterocycles. The van der Waals surface area contributed by atoms with Crippen molar-refractivity contribution < 1.29 is 19.5 Å². The average Bonchev–Trinajstić information content (AvgIpc) is 2.65. The lowest BCUT2D eigenvalue weighted by atomic mass is 9.98. The van der Waals surface area contributed by atoms with Crippen molar-refractivity contribution in [3.63, 3.8) is 0 Å². The number of rotatable bonds is 11. The fourth-order valence-electron chi connectivity index (χ4n) is 2.74. The Bertz CT molecular complexity index is 649. The first-order valence-electron chi connectivity index (χ1n) is 9.49. The van der Waals surface area contributed by atoms with E-state index in [-0.39, 0.29) is 24.7 Å². The Kier molecular flexibility index (Phi) is 9.78. The highest BCUT2D eigenvalue weighted by atomic mass is 16.3. The van der Waals surface area contributed by atoms with Gasteiger partial charge in [0.2, 0.25) is 11.8 Å². The van der Waals surface area contributed by atoms with Crippen LogP contribution >= 0.6 is 0 Å². The van der Waals surface area contributed by atoms with E-state index in [9.17, 15) is 19.5 Å². The number of amides is 2. The van der Waals surface area contributed by atoms with E-state index in [1.165, 1.54) is 6.92 Å². The lowest BCUT2D eigenvalue weighted by Gasteiger charge is -2.26. The number of nitrogens with one attached hydrogen (secondary N) is 2. The van der Waals surface area contributed by atoms with Crippen molar-refractivity contribution in [2.75, 3.05) is 6.54 Å². The van der Waals surface area contributed by atoms with Gasteiger partial charge in [-0.15, -0.1) is 0 Å². The van der Waals surface area contributed by atoms with Gasteiger partial charge in [-0.2, -0.15) is 0 Å². The van der Waals surface area contributed by atoms with Crippen LogP contribution < -0.4 is 22.1 Å². The van der Waals surface area contributed by atoms with Crippen LogP contribution in [0.1, 0.15) is 32.8 Å². The second-order valence-corrected chi connectivity index (χ2v) is 7.22. The van der Waals surface area contributed by atoms with Gasteiger partial charge in [0.1, 0.15) is 6.04 Å². The largest absolute Gasteiger partial charge is 0.391 e. The molecule has 2 amide bonds. The molecule has 0 spiro atoms. The summed E-state index contributed by atoms with van der Waals surface area (Å²) < 4.78 is 0. The Balaban J connectivity index is 2.78. The van der Waals surface area contributed by atoms with Gasteiger partial charge in [-0.05, 0) is 31.9 Å². The minimum Gasteiger partial charge on any atom is -0.391 e. The van der Waals surface area contributed by atoms with Crippen LogP contribution in [0.5, 0.6) is 0 Å². The van der Waals surface area contributed by atoms with Crippen LogP contribution in [-0.4, -0.2) is 53.5 Å². The summed E-state index contributed by atoms with van der Waals surface area (Å²) in [6, 6.07) is 6.36. The summed E-state index contributed by atoms with van der Waals surface area (Å²) in [4.78, 5) is 37.3. The topological polar surface area (TPSA) is 148 Å². The van der Waals surface area contributed by atoms with Gasteiger partial charge in [0.25, 0.3) is 0 Å². The Morgan fingerprint density at radius 3 is 2.14 bits per heavy atom. The fraction of sp³-hybridized carbons (Fsp3) is 0.550. The van der Waals surface area contributed by atoms with Gasteiger partial charge in [0.05, 0.1) is 18.2 Å². The fourth-order valence-corrected chi connectivity index (χ4v) is 2.74. The zero-order valence-corrected chi connectivity index (χ0v) is 16.7. The van der Waals surface area contributed by atoms with Crippen molar-refractivity contribution in [1.82, 2.24) is 10.6 Å². The summed E-state index contributed by atoms with van der Waals surface area (Å²) in [6.07, 6.45) is -0.597. The van der Waals surface area contributed by atoms with Crippen molar-refractivity contribution in [1.29, 1.82) is 0 Å². The molecule has 0 aliphatic rings. The second-order valence-electron chi connectivity index (χ2n) is 7.22. The first kappa shape index (κ1) is 23.7. The van der Waals surface area contributed by atoms with E-state index in [0.717, 1.165) is 5.56 Å². The number of Topliss-reactive ketones (excluding diaryl/α,β-unsaturated/α-hetero) is 1. The molecule has 0 heterocycles. The van der Waals surface area contributed by atoms with Crippen molar-refractivity contribution in [3.8, 4) is 0 Å². The molecule has 0 fully saturated rings. The molecule has 28 heavy (non-hydrogen) atoms. The van der Waals surface area contributed by atoms with Crippen LogP contribution in [0.2, 0.25) is 0 Å². The minimum atomic E-state index is -1.23. The van der Waals surface area contributed by atoms with E-state index in [1.54, 1.807) is 13.8 Å². The van der Waals surface area contributed by atoms with Gasteiger partial charge in [0, 0.05) is 5.92 Å². The summed E-state index contributed by atoms with van der Waals surface area (Å²) >= 11 is 0. The van der Waals surface area contributed by atoms with Crippen LogP contribution in [0.4, 0.5) is 0 Å². The summed E-state index contributed by atoms with van der Waals surface area (Å²) in [7, 11) is 0. The monoisotopic (exact) mass is 392 g/mol. The van der Waals surface area contributed by atoms with E-state index < -0.39 is 36.0 Å². The lowest BCUT2D eigenvalue weighted by Crippen LogP contribution is -2.58. The first-order chi connectivity index (χ1) is 13.2. The maximum absolute atomic E-state index is 12.6. The highest BCUT2D eigenvalue weighted by Gasteiger charge is 2.31. The molecule has 0 aliphatic carbocycles. The number of carbonyl (C=O) groups is 3. The van der Waals surface area contributed by atoms with Crippen LogP contribution in [0.3, 0.4) is 0 Å². The van der Waals surface area contributed by atoms with Crippen LogP contribution in [0, 0.1) is 5.92 Å². The SMILES string of the molecule is CC(C)C(=O)[C@H](CCN)NC(=O)[C@@H](NC(=O)[C@H](N)Cc1ccccc1)C(C)O. The van der Waals surface area contributed by atoms with Gasteiger partial charge in [0.15, 0.2) is 5.78 Å². The number of nitrogens with two attached hydrogens (primary N) is 2. The van der Waals surface area contributed by atoms with Crippen molar-refractivity contribution in [2.24, 2.45) is 17.4 Å². The average molecular weight is 393 g/mol. The number of carbonyl (C=O) groups excluding carboxylic acids is 3. The molecule has 4 atom stereocenters. The normalized spacial score (nSPS) is 15.4. The quantitative estimate of drug-likeness (QED) is 0.342. The molecule has 1 rings (SSSR count). The van der Waals surface area contributed by atoms with E-state index in [4.69, 9.17) is 11.5 Å². The van der Waals surface area contributed by atoms with Gasteiger partial charge in [-0.3, -0.25) is 14.4 Å². The van der Waals surface area contributed by atoms with Crippen molar-refractivity contribution >= 4 is 17.6 Å². The van der Waals surface area contributed by atoms with E-state index in [1.807, 2.05) is 30.3 Å². The van der Waals surface area contributed by atoms with Crippen molar-refractivity contribution in [3.05, 3.63) is 35.9 Å². The molecule has 0 bridgehead atoms. The number of aliphatic hydroxyl groups is 1. The number of ketones is 1. The van der Waals surface area contributed by atoms with Crippen molar-refractivity contribution in [2.45, 2.75) is 57.8 Å². The molecule has 1 aromatic rings. The Labute approximate surface area is 166 Å². The van der Waals surface area contributed by atoms with E-state index >= 15 is 0 Å². The minimum absolute atomic E-state index is 0.157. The molecular weight excluding hydrogens is 360 g/mol. The standard InChI is InChI=1S/C20H32N4O4/c1-12(2)18(26)16(9-10-21)23-20(28)17(13(3)25)24-19(27)15(22)11-14-7-5-4-6-8-14/h4-8,12-13,15-17,25H,9-11,21-22H2,1-3H3,(H,23,28)(H,24,27)/t13?,15-,16+,17+/m1/s1. The molecular formula is C20H32N4O4. The molecule has 7 N–H and O–H groups in total. The third-order valence-corrected chi connectivity index (χ3v) is 4.38. The molecule has 156 valence electrons. The highest BCUT2D eigenvalue weighted by Crippen LogP contribution is 2.06. The predicted molar refractivity (Wildman–Crippen MR) is 107 cm³/mol. The second kappa shape index (κ2) is 11.5. The molecule has 0 saturated heterocycles. The molecule has 8 heteroatoms. The van der Waals surface area contributed by atoms with Crippen LogP contribution in [0.15, 0.2) is 30.3 Å². The van der Waals surface area contributed by atoms with Gasteiger partial charge in [-0.1, -0.05) is 44.2 Å². The Hall–Kier alpha value is -2.29. The zero-order chi connectivity index (χ0) is 21.3. The van der Waals surface area contributed by atoms with E-state index in [0.29, 0.717) is 6.42 Å². The smallest absolute Gasteiger partial charge is 0.245 e. The van der Waals surface area contributed by atoms with Gasteiger partial charge < -0.3 is 27.2 Å². The third-order valence-electron chi connectivity index (χ3n) is 4.38. The molecule has 1 unspecified atom stereocenters. The Morgan fingerprint density at radius 1 is 1.04 bits per heavy atom.